The minimum absolute atomic E-state index is 0. The molecular weight excluding hydrogens is 684 g/mol. The van der Waals surface area contributed by atoms with E-state index in [0.717, 1.165) is 88.2 Å². The Morgan fingerprint density at radius 3 is 2.17 bits per heavy atom. The number of rotatable bonds is 24. The van der Waals surface area contributed by atoms with Gasteiger partial charge in [0, 0.05) is 38.2 Å². The van der Waals surface area contributed by atoms with Gasteiger partial charge < -0.3 is 24.9 Å². The van der Waals surface area contributed by atoms with Crippen molar-refractivity contribution in [1.29, 1.82) is 0 Å². The smallest absolute Gasteiger partial charge is 0.550 e. The monoisotopic (exact) mass is 737 g/mol. The average Bonchev–Trinajstić information content (AvgIpc) is 3.54. The van der Waals surface area contributed by atoms with Gasteiger partial charge in [0.05, 0.1) is 24.2 Å². The van der Waals surface area contributed by atoms with Gasteiger partial charge in [-0.25, -0.2) is 9.37 Å². The first kappa shape index (κ1) is 43.8. The summed E-state index contributed by atoms with van der Waals surface area (Å²) < 4.78 is 17.0. The molecule has 3 heterocycles. The molecule has 0 unspecified atom stereocenters. The number of aromatic nitrogens is 4. The molecule has 0 aliphatic carbocycles. The number of aliphatic hydroxyl groups excluding tert-OH is 1. The Labute approximate surface area is 334 Å². The number of imidazole rings is 1. The van der Waals surface area contributed by atoms with Crippen molar-refractivity contribution >= 4 is 22.9 Å². The number of hydrogen-bond acceptors (Lipinski definition) is 7. The number of amides is 1. The number of carboxylic acids is 1. The van der Waals surface area contributed by atoms with Crippen LogP contribution in [0.3, 0.4) is 0 Å². The number of hydrogen-bond donors (Lipinski definition) is 2. The predicted molar refractivity (Wildman–Crippen MR) is 199 cm³/mol. The molecule has 0 aliphatic heterocycles. The van der Waals surface area contributed by atoms with Crippen LogP contribution in [-0.2, 0) is 31.2 Å². The number of nitrogens with zero attached hydrogens (tertiary/aromatic N) is 4. The Morgan fingerprint density at radius 2 is 1.55 bits per heavy atom. The molecule has 4 rings (SSSR count). The van der Waals surface area contributed by atoms with Crippen LogP contribution < -0.4 is 45.5 Å². The predicted octanol–water partition coefficient (Wildman–Crippen LogP) is 2.94. The molecule has 0 aliphatic rings. The normalized spacial score (nSPS) is 11.3. The molecular formula is C41H53FN5NaO5. The maximum absolute atomic E-state index is 14.3. The van der Waals surface area contributed by atoms with Crippen LogP contribution in [0.2, 0.25) is 0 Å². The molecule has 0 saturated carbocycles. The summed E-state index contributed by atoms with van der Waals surface area (Å²) in [5, 5.41) is 22.6. The van der Waals surface area contributed by atoms with E-state index in [9.17, 15) is 29.0 Å². The number of aryl methyl sites for hydroxylation is 2. The van der Waals surface area contributed by atoms with Crippen molar-refractivity contribution in [1.82, 2.24) is 24.4 Å². The number of carbonyl (C=O) groups is 2. The number of allylic oxidation sites excluding steroid dienone is 2. The van der Waals surface area contributed by atoms with Crippen molar-refractivity contribution in [2.24, 2.45) is 7.05 Å². The summed E-state index contributed by atoms with van der Waals surface area (Å²) in [7, 11) is 1.85. The van der Waals surface area contributed by atoms with Crippen molar-refractivity contribution in [2.75, 3.05) is 13.2 Å². The van der Waals surface area contributed by atoms with Crippen molar-refractivity contribution in [3.05, 3.63) is 105 Å². The second-order valence-corrected chi connectivity index (χ2v) is 13.5. The van der Waals surface area contributed by atoms with E-state index in [1.807, 2.05) is 17.7 Å². The van der Waals surface area contributed by atoms with Crippen LogP contribution in [0.25, 0.3) is 11.0 Å². The Kier molecular flexibility index (Phi) is 19.7. The number of carboxylic acid groups (broad SMARTS) is 1. The molecule has 0 saturated heterocycles. The minimum atomic E-state index is -0.961. The van der Waals surface area contributed by atoms with E-state index in [4.69, 9.17) is 4.98 Å². The minimum Gasteiger partial charge on any atom is -0.550 e. The van der Waals surface area contributed by atoms with Crippen LogP contribution in [0.1, 0.15) is 123 Å². The summed E-state index contributed by atoms with van der Waals surface area (Å²) in [5.74, 6) is -1.14. The standard InChI is InChI=1S/C41H54FN5O5.Na/c1-46-25-23-43-36(46)30-47-35-28-32(27-31-19-21-33(42)22-20-31)29-45-39(35)34(38(41(47)52)40(51)44-24-26-48)17-15-13-11-9-7-5-3-2-4-6-8-10-12-14-16-18-37(49)50;/h2,4,19-23,25,28-29,48H,3,5-18,24,26-27,30H2,1H3,(H,44,51)(H,49,50);/q;+1/p-1/b4-2-;. The summed E-state index contributed by atoms with van der Waals surface area (Å²) in [6.45, 7) is -0.0691. The Balaban J connectivity index is 0.00000756. The quantitative estimate of drug-likeness (QED) is 0.0640. The van der Waals surface area contributed by atoms with E-state index in [-0.39, 0.29) is 67.1 Å². The number of nitrogens with one attached hydrogen (secondary N) is 1. The maximum Gasteiger partial charge on any atom is 1.00 e. The topological polar surface area (TPSA) is 142 Å². The number of aliphatic carboxylic acids is 1. The van der Waals surface area contributed by atoms with Gasteiger partial charge in [-0.15, -0.1) is 0 Å². The second-order valence-electron chi connectivity index (χ2n) is 13.5. The van der Waals surface area contributed by atoms with Crippen LogP contribution in [-0.4, -0.2) is 49.2 Å². The Morgan fingerprint density at radius 1 is 0.906 bits per heavy atom. The average molecular weight is 738 g/mol. The summed E-state index contributed by atoms with van der Waals surface area (Å²) >= 11 is 0. The van der Waals surface area contributed by atoms with Crippen LogP contribution in [0.15, 0.2) is 65.9 Å². The van der Waals surface area contributed by atoms with Crippen molar-refractivity contribution < 1.29 is 53.7 Å². The molecule has 280 valence electrons. The molecule has 3 aromatic heterocycles. The van der Waals surface area contributed by atoms with Gasteiger partial charge in [0.15, 0.2) is 0 Å². The third-order valence-corrected chi connectivity index (χ3v) is 9.39. The number of benzene rings is 1. The molecule has 0 spiro atoms. The number of unbranched alkanes of at least 4 members (excludes halogenated alkanes) is 11. The van der Waals surface area contributed by atoms with E-state index < -0.39 is 17.4 Å². The van der Waals surface area contributed by atoms with Gasteiger partial charge in [-0.1, -0.05) is 69.2 Å². The number of aliphatic hydroxyl groups is 1. The molecule has 12 heteroatoms. The SMILES string of the molecule is Cn1ccnc1Cn1c(=O)c(C(=O)NCCO)c(CCCCCCCC/C=C\CCCCCCCC(=O)[O-])c2ncc(Cc3ccc(F)cc3)cc21.[Na+]. The van der Waals surface area contributed by atoms with Crippen LogP contribution in [0.4, 0.5) is 4.39 Å². The molecule has 1 amide bonds. The van der Waals surface area contributed by atoms with E-state index in [2.05, 4.69) is 22.5 Å². The molecule has 0 atom stereocenters. The number of pyridine rings is 2. The zero-order chi connectivity index (χ0) is 37.1. The van der Waals surface area contributed by atoms with E-state index in [0.29, 0.717) is 41.7 Å². The first-order valence-electron chi connectivity index (χ1n) is 18.8. The van der Waals surface area contributed by atoms with Gasteiger partial charge in [0.25, 0.3) is 11.5 Å². The zero-order valence-electron chi connectivity index (χ0n) is 31.5. The first-order valence-corrected chi connectivity index (χ1v) is 18.8. The summed E-state index contributed by atoms with van der Waals surface area (Å²) in [5.41, 5.74) is 3.21. The number of halogens is 1. The van der Waals surface area contributed by atoms with Crippen LogP contribution in [0, 0.1) is 5.82 Å². The van der Waals surface area contributed by atoms with Crippen molar-refractivity contribution in [2.45, 2.75) is 109 Å². The summed E-state index contributed by atoms with van der Waals surface area (Å²) in [4.78, 5) is 47.5. The van der Waals surface area contributed by atoms with Gasteiger partial charge in [-0.2, -0.15) is 0 Å². The molecule has 0 bridgehead atoms. The molecule has 0 radical (unpaired) electrons. The van der Waals surface area contributed by atoms with Gasteiger partial charge in [0.1, 0.15) is 17.2 Å². The van der Waals surface area contributed by atoms with Crippen LogP contribution >= 0.6 is 0 Å². The van der Waals surface area contributed by atoms with Gasteiger partial charge >= 0.3 is 29.6 Å². The van der Waals surface area contributed by atoms with E-state index in [1.54, 1.807) is 35.3 Å². The number of fused-ring (bicyclic) bond motifs is 1. The molecule has 1 aromatic carbocycles. The fourth-order valence-electron chi connectivity index (χ4n) is 6.51. The Bertz CT molecular complexity index is 1820. The molecule has 4 aromatic rings. The molecule has 0 fully saturated rings. The third kappa shape index (κ3) is 14.3. The third-order valence-electron chi connectivity index (χ3n) is 9.39. The second kappa shape index (κ2) is 23.9. The van der Waals surface area contributed by atoms with E-state index >= 15 is 0 Å². The zero-order valence-corrected chi connectivity index (χ0v) is 33.5. The van der Waals surface area contributed by atoms with Gasteiger partial charge in [0.2, 0.25) is 0 Å². The fraction of sp³-hybridized carbons (Fsp3) is 0.488. The molecule has 10 nitrogen and oxygen atoms in total. The molecule has 53 heavy (non-hydrogen) atoms. The van der Waals surface area contributed by atoms with Crippen LogP contribution in [0.5, 0.6) is 0 Å². The summed E-state index contributed by atoms with van der Waals surface area (Å²) in [6, 6.07) is 8.25. The maximum atomic E-state index is 14.3. The van der Waals surface area contributed by atoms with E-state index in [1.165, 1.54) is 12.1 Å². The Hall–Kier alpha value is -3.64. The van der Waals surface area contributed by atoms with Gasteiger partial charge in [-0.3, -0.25) is 19.1 Å². The molecule has 2 N–H and O–H groups in total. The van der Waals surface area contributed by atoms with Gasteiger partial charge in [-0.05, 0) is 92.7 Å². The summed E-state index contributed by atoms with van der Waals surface area (Å²) in [6.07, 6.45) is 24.2. The first-order chi connectivity index (χ1) is 25.3. The number of carbonyl (C=O) groups excluding carboxylic acids is 2. The van der Waals surface area contributed by atoms with Crippen molar-refractivity contribution in [3.8, 4) is 0 Å². The fourth-order valence-corrected chi connectivity index (χ4v) is 6.51. The largest absolute Gasteiger partial charge is 1.00 e. The van der Waals surface area contributed by atoms with Crippen molar-refractivity contribution in [3.63, 3.8) is 0 Å².